The highest BCUT2D eigenvalue weighted by molar-refractivity contribution is 8.45. The highest BCUT2D eigenvalue weighted by Gasteiger charge is 2.65. The molecule has 2 aromatic rings. The summed E-state index contributed by atoms with van der Waals surface area (Å²) in [5.74, 6) is -0.478. The first-order valence-electron chi connectivity index (χ1n) is 10.2. The zero-order valence-corrected chi connectivity index (χ0v) is 18.6. The van der Waals surface area contributed by atoms with E-state index in [-0.39, 0.29) is 43.3 Å². The van der Waals surface area contributed by atoms with Crippen LogP contribution in [0.1, 0.15) is 24.2 Å². The lowest BCUT2D eigenvalue weighted by Gasteiger charge is -2.41. The van der Waals surface area contributed by atoms with Gasteiger partial charge in [-0.15, -0.1) is 0 Å². The van der Waals surface area contributed by atoms with Crippen LogP contribution >= 0.6 is 10.2 Å². The number of aliphatic hydroxyl groups is 1. The van der Waals surface area contributed by atoms with Crippen molar-refractivity contribution >= 4 is 27.8 Å². The molecular formula is C21H22F5N3O4S. The zero-order chi connectivity index (χ0) is 25.0. The monoisotopic (exact) mass is 507 g/mol. The predicted octanol–water partition coefficient (Wildman–Crippen LogP) is 4.73. The second-order valence-corrected chi connectivity index (χ2v) is 10.8. The molecule has 34 heavy (non-hydrogen) atoms. The summed E-state index contributed by atoms with van der Waals surface area (Å²) >= 11 is 0. The van der Waals surface area contributed by atoms with E-state index in [0.717, 1.165) is 5.56 Å². The number of nitrogens with zero attached hydrogens (tertiary/aromatic N) is 1. The molecule has 1 fully saturated rings. The quantitative estimate of drug-likeness (QED) is 0.511. The van der Waals surface area contributed by atoms with Crippen LogP contribution in [0.2, 0.25) is 0 Å². The van der Waals surface area contributed by atoms with E-state index >= 15 is 0 Å². The Hall–Kier alpha value is -3.06. The Balaban J connectivity index is 1.53. The maximum Gasteiger partial charge on any atom is 0.319 e. The number of anilines is 1. The molecule has 2 atom stereocenters. The number of carbonyl (C=O) groups excluding carboxylic acids is 2. The number of benzene rings is 2. The SMILES string of the molecule is CC(=O)N1CC(Oc2ccc(S(F)(F)(F)(F)F)cc2NC(=O)N[C@@H]2Cc3ccccc3[C@@H]2O)C1. The number of nitrogens with one attached hydrogen (secondary N) is 2. The molecule has 186 valence electrons. The lowest BCUT2D eigenvalue weighted by molar-refractivity contribution is -0.137. The number of hydrogen-bond donors (Lipinski definition) is 3. The van der Waals surface area contributed by atoms with Crippen molar-refractivity contribution in [2.24, 2.45) is 0 Å². The molecular weight excluding hydrogens is 485 g/mol. The smallest absolute Gasteiger partial charge is 0.319 e. The van der Waals surface area contributed by atoms with Crippen molar-refractivity contribution < 1.29 is 38.9 Å². The third-order valence-electron chi connectivity index (χ3n) is 5.74. The third kappa shape index (κ3) is 5.04. The minimum atomic E-state index is -10.0. The minimum Gasteiger partial charge on any atom is -0.485 e. The fourth-order valence-electron chi connectivity index (χ4n) is 3.93. The summed E-state index contributed by atoms with van der Waals surface area (Å²) in [6.45, 7) is 1.67. The Kier molecular flexibility index (Phi) is 5.29. The molecule has 0 unspecified atom stereocenters. The second-order valence-electron chi connectivity index (χ2n) is 8.34. The van der Waals surface area contributed by atoms with E-state index in [4.69, 9.17) is 4.74 Å². The molecule has 1 aliphatic heterocycles. The molecule has 1 heterocycles. The summed E-state index contributed by atoms with van der Waals surface area (Å²) in [6.07, 6.45) is -1.34. The van der Waals surface area contributed by atoms with E-state index in [1.165, 1.54) is 11.8 Å². The zero-order valence-electron chi connectivity index (χ0n) is 17.8. The first kappa shape index (κ1) is 24.1. The number of hydrogen-bond acceptors (Lipinski definition) is 4. The van der Waals surface area contributed by atoms with Gasteiger partial charge in [0.2, 0.25) is 5.91 Å². The van der Waals surface area contributed by atoms with Crippen molar-refractivity contribution in [3.63, 3.8) is 0 Å². The molecule has 1 saturated heterocycles. The van der Waals surface area contributed by atoms with Gasteiger partial charge in [-0.1, -0.05) is 43.7 Å². The van der Waals surface area contributed by atoms with E-state index in [0.29, 0.717) is 11.6 Å². The molecule has 0 bridgehead atoms. The lowest BCUT2D eigenvalue weighted by Crippen LogP contribution is -2.55. The predicted molar refractivity (Wildman–Crippen MR) is 116 cm³/mol. The molecule has 2 aromatic carbocycles. The normalized spacial score (nSPS) is 22.1. The van der Waals surface area contributed by atoms with Crippen LogP contribution in [0, 0.1) is 0 Å². The van der Waals surface area contributed by atoms with Crippen molar-refractivity contribution in [2.75, 3.05) is 18.4 Å². The molecule has 0 aromatic heterocycles. The summed E-state index contributed by atoms with van der Waals surface area (Å²) in [5.41, 5.74) is 0.793. The summed E-state index contributed by atoms with van der Waals surface area (Å²) in [7, 11) is -10.0. The Bertz CT molecular complexity index is 1160. The van der Waals surface area contributed by atoms with Crippen LogP contribution in [0.25, 0.3) is 0 Å². The molecule has 7 nitrogen and oxygen atoms in total. The summed E-state index contributed by atoms with van der Waals surface area (Å²) in [4.78, 5) is 23.1. The molecule has 0 spiro atoms. The van der Waals surface area contributed by atoms with Gasteiger partial charge < -0.3 is 25.4 Å². The second kappa shape index (κ2) is 7.47. The van der Waals surface area contributed by atoms with Gasteiger partial charge in [0.15, 0.2) is 0 Å². The van der Waals surface area contributed by atoms with E-state index in [1.807, 2.05) is 0 Å². The fourth-order valence-corrected chi connectivity index (χ4v) is 4.60. The largest absolute Gasteiger partial charge is 0.485 e. The Morgan fingerprint density at radius 1 is 1.09 bits per heavy atom. The van der Waals surface area contributed by atoms with Gasteiger partial charge in [0.05, 0.1) is 30.9 Å². The van der Waals surface area contributed by atoms with Crippen molar-refractivity contribution in [3.05, 3.63) is 53.6 Å². The van der Waals surface area contributed by atoms with Gasteiger partial charge in [0, 0.05) is 6.92 Å². The van der Waals surface area contributed by atoms with Crippen molar-refractivity contribution in [2.45, 2.75) is 36.5 Å². The number of likely N-dealkylation sites (tertiary alicyclic amines) is 1. The molecule has 3 amide bonds. The Morgan fingerprint density at radius 3 is 2.38 bits per heavy atom. The number of urea groups is 1. The maximum atomic E-state index is 13.4. The van der Waals surface area contributed by atoms with Crippen LogP contribution in [0.15, 0.2) is 47.4 Å². The minimum absolute atomic E-state index is 0.123. The van der Waals surface area contributed by atoms with E-state index in [1.54, 1.807) is 24.3 Å². The van der Waals surface area contributed by atoms with Crippen LogP contribution in [-0.4, -0.2) is 47.2 Å². The molecule has 4 rings (SSSR count). The maximum absolute atomic E-state index is 13.4. The average molecular weight is 507 g/mol. The number of amides is 3. The molecule has 3 N–H and O–H groups in total. The van der Waals surface area contributed by atoms with Gasteiger partial charge >= 0.3 is 16.3 Å². The number of rotatable bonds is 5. The molecule has 2 aliphatic rings. The lowest BCUT2D eigenvalue weighted by atomic mass is 10.1. The van der Waals surface area contributed by atoms with E-state index in [2.05, 4.69) is 10.6 Å². The van der Waals surface area contributed by atoms with Crippen LogP contribution < -0.4 is 15.4 Å². The van der Waals surface area contributed by atoms with Crippen molar-refractivity contribution in [1.29, 1.82) is 0 Å². The van der Waals surface area contributed by atoms with Gasteiger partial charge in [-0.05, 0) is 35.7 Å². The fraction of sp³-hybridized carbons (Fsp3) is 0.333. The van der Waals surface area contributed by atoms with Gasteiger partial charge in [-0.25, -0.2) is 4.79 Å². The van der Waals surface area contributed by atoms with Crippen LogP contribution in [0.3, 0.4) is 0 Å². The average Bonchev–Trinajstić information content (AvgIpc) is 2.98. The number of carbonyl (C=O) groups is 2. The standard InChI is InChI=1S/C21H22F5N3O4S/c1-12(30)29-10-14(11-29)33-19-7-6-15(34(22,23,24,25)26)9-17(19)27-21(32)28-18-8-13-4-2-3-5-16(13)20(18)31/h2-7,9,14,18,20,31H,8,10-11H2,1H3,(H2,27,28,32)/t18-,20+/m1/s1. The van der Waals surface area contributed by atoms with Crippen LogP contribution in [0.5, 0.6) is 5.75 Å². The van der Waals surface area contributed by atoms with Crippen molar-refractivity contribution in [3.8, 4) is 5.75 Å². The first-order chi connectivity index (χ1) is 15.6. The highest BCUT2D eigenvalue weighted by Crippen LogP contribution is 3.02. The van der Waals surface area contributed by atoms with E-state index in [9.17, 15) is 34.1 Å². The number of fused-ring (bicyclic) bond motifs is 1. The summed E-state index contributed by atoms with van der Waals surface area (Å²) < 4.78 is 72.4. The van der Waals surface area contributed by atoms with Gasteiger partial charge in [0.25, 0.3) is 0 Å². The van der Waals surface area contributed by atoms with Gasteiger partial charge in [-0.3, -0.25) is 4.79 Å². The topological polar surface area (TPSA) is 90.9 Å². The van der Waals surface area contributed by atoms with Crippen molar-refractivity contribution in [1.82, 2.24) is 10.2 Å². The first-order valence-corrected chi connectivity index (χ1v) is 12.2. The summed E-state index contributed by atoms with van der Waals surface area (Å²) in [6, 6.07) is 6.19. The summed E-state index contributed by atoms with van der Waals surface area (Å²) in [5, 5.41) is 15.0. The number of aliphatic hydroxyl groups excluding tert-OH is 1. The van der Waals surface area contributed by atoms with Crippen LogP contribution in [0.4, 0.5) is 29.9 Å². The molecule has 0 radical (unpaired) electrons. The molecule has 13 heteroatoms. The highest BCUT2D eigenvalue weighted by atomic mass is 32.5. The Morgan fingerprint density at radius 2 is 1.76 bits per heavy atom. The number of halogens is 5. The third-order valence-corrected chi connectivity index (χ3v) is 6.89. The van der Waals surface area contributed by atoms with Crippen LogP contribution in [-0.2, 0) is 11.2 Å². The number of ether oxygens (including phenoxy) is 1. The van der Waals surface area contributed by atoms with E-state index < -0.39 is 45.1 Å². The van der Waals surface area contributed by atoms with Gasteiger partial charge in [0.1, 0.15) is 16.7 Å². The Labute approximate surface area is 191 Å². The molecule has 0 saturated carbocycles. The van der Waals surface area contributed by atoms with Gasteiger partial charge in [-0.2, -0.15) is 0 Å². The molecule has 1 aliphatic carbocycles.